The van der Waals surface area contributed by atoms with Crippen LogP contribution in [0.3, 0.4) is 0 Å². The summed E-state index contributed by atoms with van der Waals surface area (Å²) in [7, 11) is 0. The van der Waals surface area contributed by atoms with Crippen molar-refractivity contribution >= 4 is 35.8 Å². The number of carbonyl (C=O) groups is 6. The zero-order valence-electron chi connectivity index (χ0n) is 22.2. The fourth-order valence-corrected chi connectivity index (χ4v) is 4.43. The first-order valence-corrected chi connectivity index (χ1v) is 12.5. The van der Waals surface area contributed by atoms with Gasteiger partial charge in [-0.05, 0) is 72.2 Å². The lowest BCUT2D eigenvalue weighted by Gasteiger charge is -2.23. The molecule has 218 valence electrons. The Morgan fingerprint density at radius 1 is 0.674 bits per heavy atom. The Balaban J connectivity index is 1.42. The van der Waals surface area contributed by atoms with Crippen molar-refractivity contribution in [1.29, 1.82) is 0 Å². The molecule has 3 aromatic rings. The van der Waals surface area contributed by atoms with Gasteiger partial charge in [-0.3, -0.25) is 0 Å². The molecule has 2 unspecified atom stereocenters. The summed E-state index contributed by atoms with van der Waals surface area (Å²) in [6, 6.07) is 12.6. The van der Waals surface area contributed by atoms with Crippen molar-refractivity contribution in [1.82, 2.24) is 0 Å². The van der Waals surface area contributed by atoms with E-state index < -0.39 is 58.1 Å². The van der Waals surface area contributed by atoms with Crippen LogP contribution in [-0.4, -0.2) is 51.1 Å². The molecule has 12 nitrogen and oxygen atoms in total. The van der Waals surface area contributed by atoms with Gasteiger partial charge in [-0.1, -0.05) is 25.1 Å². The van der Waals surface area contributed by atoms with E-state index in [1.54, 1.807) is 30.4 Å². The highest BCUT2D eigenvalue weighted by atomic mass is 16.5. The first kappa shape index (κ1) is 29.9. The van der Waals surface area contributed by atoms with E-state index in [0.29, 0.717) is 0 Å². The van der Waals surface area contributed by atoms with Crippen molar-refractivity contribution < 1.29 is 58.7 Å². The number of hydrogen-bond acceptors (Lipinski definition) is 9. The second kappa shape index (κ2) is 12.2. The van der Waals surface area contributed by atoms with Crippen molar-refractivity contribution in [3.05, 3.63) is 124 Å². The van der Waals surface area contributed by atoms with Crippen molar-refractivity contribution in [2.45, 2.75) is 12.8 Å². The van der Waals surface area contributed by atoms with Crippen molar-refractivity contribution in [2.24, 2.45) is 5.92 Å². The largest absolute Gasteiger partial charge is 0.545 e. The summed E-state index contributed by atoms with van der Waals surface area (Å²) < 4.78 is 10.7. The SMILES string of the molecule is CC1C=C(OC(=O)c2ccc(C(=O)O)c(C(=O)O)c2)C=CC1c1ccc(OC(=O)c2ccc(C(=O)O)c(C(=O)[O-])c2)cc1. The molecule has 12 heteroatoms. The average Bonchev–Trinajstić information content (AvgIpc) is 2.96. The summed E-state index contributed by atoms with van der Waals surface area (Å²) in [5.41, 5.74) is -1.68. The molecular formula is C31H21O12-. The third kappa shape index (κ3) is 6.65. The number of carbonyl (C=O) groups excluding carboxylic acids is 3. The maximum Gasteiger partial charge on any atom is 0.343 e. The number of carboxylic acid groups (broad SMARTS) is 4. The molecule has 0 amide bonds. The van der Waals surface area contributed by atoms with Crippen LogP contribution in [0, 0.1) is 5.92 Å². The fourth-order valence-electron chi connectivity index (χ4n) is 4.43. The number of ether oxygens (including phenoxy) is 2. The number of allylic oxidation sites excluding steroid dienone is 3. The highest BCUT2D eigenvalue weighted by molar-refractivity contribution is 6.04. The molecule has 4 rings (SSSR count). The number of rotatable bonds is 9. The normalized spacial score (nSPS) is 15.6. The minimum atomic E-state index is -1.75. The predicted octanol–water partition coefficient (Wildman–Crippen LogP) is 3.39. The van der Waals surface area contributed by atoms with Gasteiger partial charge in [0.05, 0.1) is 33.8 Å². The topological polar surface area (TPSA) is 205 Å². The van der Waals surface area contributed by atoms with E-state index in [0.717, 1.165) is 35.9 Å². The zero-order chi connectivity index (χ0) is 31.4. The minimum absolute atomic E-state index is 0.134. The molecule has 0 aliphatic heterocycles. The van der Waals surface area contributed by atoms with Crippen LogP contribution < -0.4 is 9.84 Å². The lowest BCUT2D eigenvalue weighted by molar-refractivity contribution is -0.255. The third-order valence-corrected chi connectivity index (χ3v) is 6.57. The molecule has 0 fully saturated rings. The van der Waals surface area contributed by atoms with Crippen LogP contribution in [0.2, 0.25) is 0 Å². The van der Waals surface area contributed by atoms with Crippen LogP contribution in [0.5, 0.6) is 5.75 Å². The molecule has 1 aliphatic rings. The molecule has 0 bridgehead atoms. The van der Waals surface area contributed by atoms with E-state index in [1.807, 2.05) is 6.92 Å². The highest BCUT2D eigenvalue weighted by Crippen LogP contribution is 2.33. The summed E-state index contributed by atoms with van der Waals surface area (Å²) in [6.07, 6.45) is 5.04. The second-order valence-electron chi connectivity index (χ2n) is 9.38. The van der Waals surface area contributed by atoms with Crippen LogP contribution in [0.15, 0.2) is 84.7 Å². The summed E-state index contributed by atoms with van der Waals surface area (Å²) in [4.78, 5) is 70.3. The number of benzene rings is 3. The lowest BCUT2D eigenvalue weighted by Crippen LogP contribution is -2.25. The van der Waals surface area contributed by atoms with Crippen LogP contribution in [-0.2, 0) is 4.74 Å². The van der Waals surface area contributed by atoms with E-state index in [9.17, 15) is 39.0 Å². The number of esters is 2. The van der Waals surface area contributed by atoms with Gasteiger partial charge in [0.15, 0.2) is 0 Å². The molecule has 1 aliphatic carbocycles. The zero-order valence-corrected chi connectivity index (χ0v) is 22.2. The van der Waals surface area contributed by atoms with Crippen LogP contribution in [0.4, 0.5) is 0 Å². The first-order chi connectivity index (χ1) is 20.3. The maximum absolute atomic E-state index is 12.6. The Hall–Kier alpha value is -6.04. The third-order valence-electron chi connectivity index (χ3n) is 6.57. The number of aromatic carboxylic acids is 4. The van der Waals surface area contributed by atoms with Crippen LogP contribution >= 0.6 is 0 Å². The second-order valence-corrected chi connectivity index (χ2v) is 9.38. The Bertz CT molecular complexity index is 1730. The van der Waals surface area contributed by atoms with E-state index in [2.05, 4.69) is 0 Å². The van der Waals surface area contributed by atoms with Gasteiger partial charge in [0.25, 0.3) is 0 Å². The molecule has 3 aromatic carbocycles. The monoisotopic (exact) mass is 585 g/mol. The molecule has 0 saturated carbocycles. The molecule has 2 atom stereocenters. The summed E-state index contributed by atoms with van der Waals surface area (Å²) in [6.45, 7) is 1.87. The molecular weight excluding hydrogens is 564 g/mol. The summed E-state index contributed by atoms with van der Waals surface area (Å²) >= 11 is 0. The van der Waals surface area contributed by atoms with E-state index in [4.69, 9.17) is 19.7 Å². The van der Waals surface area contributed by atoms with Gasteiger partial charge < -0.3 is 34.7 Å². The van der Waals surface area contributed by atoms with Gasteiger partial charge in [0, 0.05) is 11.5 Å². The van der Waals surface area contributed by atoms with Gasteiger partial charge in [0.2, 0.25) is 0 Å². The minimum Gasteiger partial charge on any atom is -0.545 e. The Kier molecular flexibility index (Phi) is 8.51. The quantitative estimate of drug-likeness (QED) is 0.244. The summed E-state index contributed by atoms with van der Waals surface area (Å²) in [5.74, 6) is -7.90. The van der Waals surface area contributed by atoms with Crippen molar-refractivity contribution in [3.63, 3.8) is 0 Å². The Morgan fingerprint density at radius 2 is 1.19 bits per heavy atom. The van der Waals surface area contributed by atoms with Gasteiger partial charge in [-0.15, -0.1) is 0 Å². The van der Waals surface area contributed by atoms with Crippen molar-refractivity contribution in [3.8, 4) is 5.75 Å². The number of hydrogen-bond donors (Lipinski definition) is 3. The molecule has 0 heterocycles. The van der Waals surface area contributed by atoms with Crippen LogP contribution in [0.1, 0.15) is 80.6 Å². The first-order valence-electron chi connectivity index (χ1n) is 12.5. The molecule has 0 spiro atoms. The average molecular weight is 585 g/mol. The smallest absolute Gasteiger partial charge is 0.343 e. The van der Waals surface area contributed by atoms with Gasteiger partial charge in [-0.2, -0.15) is 0 Å². The van der Waals surface area contributed by atoms with E-state index in [-0.39, 0.29) is 34.5 Å². The predicted molar refractivity (Wildman–Crippen MR) is 144 cm³/mol. The highest BCUT2D eigenvalue weighted by Gasteiger charge is 2.23. The van der Waals surface area contributed by atoms with Gasteiger partial charge in [0.1, 0.15) is 11.5 Å². The Morgan fingerprint density at radius 3 is 1.70 bits per heavy atom. The molecule has 0 saturated heterocycles. The molecule has 0 aromatic heterocycles. The standard InChI is InChI=1S/C31H22O12/c1-15-12-20(43-31(41)18-5-10-23(27(34)35)25(14-18)29(38)39)8-11-21(15)16-2-6-19(7-3-16)42-30(40)17-4-9-22(26(32)33)24(13-17)28(36)37/h2-15,21H,1H3,(H,32,33)(H,34,35)(H,36,37)(H,38,39)/p-1. The maximum atomic E-state index is 12.6. The molecule has 3 N–H and O–H groups in total. The Labute approximate surface area is 242 Å². The lowest BCUT2D eigenvalue weighted by atomic mass is 9.84. The molecule has 0 radical (unpaired) electrons. The molecule has 43 heavy (non-hydrogen) atoms. The van der Waals surface area contributed by atoms with E-state index in [1.165, 1.54) is 18.2 Å². The number of carboxylic acids is 4. The van der Waals surface area contributed by atoms with Gasteiger partial charge >= 0.3 is 29.8 Å². The van der Waals surface area contributed by atoms with Gasteiger partial charge in [-0.25, -0.2) is 24.0 Å². The van der Waals surface area contributed by atoms with E-state index >= 15 is 0 Å². The summed E-state index contributed by atoms with van der Waals surface area (Å²) in [5, 5.41) is 38.8. The fraction of sp³-hybridized carbons (Fsp3) is 0.0968. The van der Waals surface area contributed by atoms with Crippen molar-refractivity contribution in [2.75, 3.05) is 0 Å². The van der Waals surface area contributed by atoms with Crippen LogP contribution in [0.25, 0.3) is 0 Å².